The topological polar surface area (TPSA) is 66.5 Å². The maximum absolute atomic E-state index is 9.64. The first-order valence-corrected chi connectivity index (χ1v) is 4.87. The molecule has 14 heavy (non-hydrogen) atoms. The Labute approximate surface area is 83.2 Å². The summed E-state index contributed by atoms with van der Waals surface area (Å²) in [5, 5.41) is 19.3. The smallest absolute Gasteiger partial charge is 0.0955 e. The standard InChI is InChI=1S/C11H15NO2/c12-9-5-7-3-1-2-4-8(7)6-10(13)11(9)14/h1-4,9-11,13-14H,5-6,12H2/t9-,10+,11-/m0/s1. The van der Waals surface area contributed by atoms with Gasteiger partial charge in [0.15, 0.2) is 0 Å². The first kappa shape index (κ1) is 9.65. The van der Waals surface area contributed by atoms with Crippen molar-refractivity contribution in [3.63, 3.8) is 0 Å². The monoisotopic (exact) mass is 193 g/mol. The zero-order valence-electron chi connectivity index (χ0n) is 7.93. The maximum Gasteiger partial charge on any atom is 0.0955 e. The normalized spacial score (nSPS) is 32.1. The average molecular weight is 193 g/mol. The molecule has 1 aromatic carbocycles. The van der Waals surface area contributed by atoms with Crippen molar-refractivity contribution in [2.45, 2.75) is 31.1 Å². The highest BCUT2D eigenvalue weighted by molar-refractivity contribution is 5.30. The van der Waals surface area contributed by atoms with Gasteiger partial charge in [0.05, 0.1) is 12.2 Å². The Morgan fingerprint density at radius 2 is 1.64 bits per heavy atom. The molecule has 3 heteroatoms. The largest absolute Gasteiger partial charge is 0.390 e. The Hall–Kier alpha value is -0.900. The number of aliphatic hydroxyl groups excluding tert-OH is 2. The lowest BCUT2D eigenvalue weighted by Gasteiger charge is -2.19. The van der Waals surface area contributed by atoms with E-state index in [2.05, 4.69) is 0 Å². The molecule has 3 nitrogen and oxygen atoms in total. The lowest BCUT2D eigenvalue weighted by molar-refractivity contribution is 0.00800. The third kappa shape index (κ3) is 1.66. The molecule has 0 aromatic heterocycles. The number of benzene rings is 1. The van der Waals surface area contributed by atoms with Crippen LogP contribution in [0.4, 0.5) is 0 Å². The lowest BCUT2D eigenvalue weighted by atomic mass is 10.0. The van der Waals surface area contributed by atoms with Crippen LogP contribution in [0.1, 0.15) is 11.1 Å². The minimum absolute atomic E-state index is 0.367. The van der Waals surface area contributed by atoms with Crippen LogP contribution in [-0.4, -0.2) is 28.5 Å². The van der Waals surface area contributed by atoms with Crippen molar-refractivity contribution in [1.29, 1.82) is 0 Å². The Morgan fingerprint density at radius 1 is 1.07 bits per heavy atom. The van der Waals surface area contributed by atoms with E-state index in [4.69, 9.17) is 5.73 Å². The second-order valence-electron chi connectivity index (χ2n) is 3.90. The zero-order chi connectivity index (χ0) is 10.1. The number of rotatable bonds is 0. The van der Waals surface area contributed by atoms with Gasteiger partial charge in [-0.15, -0.1) is 0 Å². The van der Waals surface area contributed by atoms with Gasteiger partial charge < -0.3 is 15.9 Å². The molecule has 76 valence electrons. The molecule has 0 amide bonds. The van der Waals surface area contributed by atoms with Crippen LogP contribution < -0.4 is 5.73 Å². The van der Waals surface area contributed by atoms with Crippen LogP contribution in [0.2, 0.25) is 0 Å². The van der Waals surface area contributed by atoms with Gasteiger partial charge in [-0.05, 0) is 17.5 Å². The van der Waals surface area contributed by atoms with Crippen molar-refractivity contribution in [3.05, 3.63) is 35.4 Å². The van der Waals surface area contributed by atoms with Gasteiger partial charge in [-0.25, -0.2) is 0 Å². The number of nitrogens with two attached hydrogens (primary N) is 1. The van der Waals surface area contributed by atoms with E-state index in [0.717, 1.165) is 11.1 Å². The second-order valence-corrected chi connectivity index (χ2v) is 3.90. The highest BCUT2D eigenvalue weighted by Gasteiger charge is 2.28. The van der Waals surface area contributed by atoms with Crippen molar-refractivity contribution >= 4 is 0 Å². The summed E-state index contributed by atoms with van der Waals surface area (Å²) in [5.41, 5.74) is 8.00. The molecule has 0 aliphatic heterocycles. The summed E-state index contributed by atoms with van der Waals surface area (Å²) >= 11 is 0. The van der Waals surface area contributed by atoms with Crippen molar-refractivity contribution < 1.29 is 10.2 Å². The molecule has 0 fully saturated rings. The van der Waals surface area contributed by atoms with Gasteiger partial charge in [-0.3, -0.25) is 0 Å². The summed E-state index contributed by atoms with van der Waals surface area (Å²) in [6.45, 7) is 0. The van der Waals surface area contributed by atoms with Gasteiger partial charge in [0.25, 0.3) is 0 Å². The fourth-order valence-electron chi connectivity index (χ4n) is 1.96. The molecular formula is C11H15NO2. The van der Waals surface area contributed by atoms with Crippen LogP contribution in [0.15, 0.2) is 24.3 Å². The van der Waals surface area contributed by atoms with Gasteiger partial charge in [0.1, 0.15) is 0 Å². The van der Waals surface area contributed by atoms with E-state index in [9.17, 15) is 10.2 Å². The first-order valence-electron chi connectivity index (χ1n) is 4.87. The predicted molar refractivity (Wildman–Crippen MR) is 53.8 cm³/mol. The molecule has 0 unspecified atom stereocenters. The van der Waals surface area contributed by atoms with Crippen LogP contribution in [0.25, 0.3) is 0 Å². The summed E-state index contributed by atoms with van der Waals surface area (Å²) in [4.78, 5) is 0. The molecule has 1 aliphatic rings. The van der Waals surface area contributed by atoms with Gasteiger partial charge in [-0.2, -0.15) is 0 Å². The van der Waals surface area contributed by atoms with E-state index in [1.807, 2.05) is 24.3 Å². The zero-order valence-corrected chi connectivity index (χ0v) is 7.93. The number of fused-ring (bicyclic) bond motifs is 1. The average Bonchev–Trinajstić information content (AvgIpc) is 2.28. The number of hydrogen-bond acceptors (Lipinski definition) is 3. The van der Waals surface area contributed by atoms with Crippen molar-refractivity contribution in [2.75, 3.05) is 0 Å². The van der Waals surface area contributed by atoms with Crippen LogP contribution in [0.5, 0.6) is 0 Å². The summed E-state index contributed by atoms with van der Waals surface area (Å²) in [6, 6.07) is 7.50. The molecular weight excluding hydrogens is 178 g/mol. The third-order valence-corrected chi connectivity index (χ3v) is 2.84. The molecule has 0 saturated carbocycles. The molecule has 3 atom stereocenters. The Morgan fingerprint density at radius 3 is 2.29 bits per heavy atom. The molecule has 2 rings (SSSR count). The second kappa shape index (κ2) is 3.69. The van der Waals surface area contributed by atoms with E-state index < -0.39 is 12.2 Å². The summed E-state index contributed by atoms with van der Waals surface area (Å²) in [5.74, 6) is 0. The molecule has 0 bridgehead atoms. The number of hydrogen-bond donors (Lipinski definition) is 3. The van der Waals surface area contributed by atoms with E-state index in [-0.39, 0.29) is 6.04 Å². The summed E-state index contributed by atoms with van der Waals surface area (Å²) in [7, 11) is 0. The third-order valence-electron chi connectivity index (χ3n) is 2.84. The van der Waals surface area contributed by atoms with E-state index in [0.29, 0.717) is 12.8 Å². The van der Waals surface area contributed by atoms with Gasteiger partial charge >= 0.3 is 0 Å². The van der Waals surface area contributed by atoms with Gasteiger partial charge in [-0.1, -0.05) is 24.3 Å². The Bertz CT molecular complexity index is 296. The molecule has 4 N–H and O–H groups in total. The van der Waals surface area contributed by atoms with Crippen LogP contribution >= 0.6 is 0 Å². The quantitative estimate of drug-likeness (QED) is 0.501. The van der Waals surface area contributed by atoms with Crippen molar-refractivity contribution in [2.24, 2.45) is 5.73 Å². The molecule has 0 saturated heterocycles. The van der Waals surface area contributed by atoms with E-state index in [1.54, 1.807) is 0 Å². The first-order chi connectivity index (χ1) is 6.68. The van der Waals surface area contributed by atoms with E-state index >= 15 is 0 Å². The Kier molecular flexibility index (Phi) is 2.54. The number of aliphatic hydroxyl groups is 2. The molecule has 1 aromatic rings. The van der Waals surface area contributed by atoms with Crippen molar-refractivity contribution in [3.8, 4) is 0 Å². The molecule has 1 aliphatic carbocycles. The van der Waals surface area contributed by atoms with E-state index in [1.165, 1.54) is 0 Å². The van der Waals surface area contributed by atoms with Gasteiger partial charge in [0.2, 0.25) is 0 Å². The summed E-state index contributed by atoms with van der Waals surface area (Å²) in [6.07, 6.45) is -0.435. The van der Waals surface area contributed by atoms with Crippen LogP contribution in [0, 0.1) is 0 Å². The highest BCUT2D eigenvalue weighted by atomic mass is 16.3. The minimum atomic E-state index is -0.817. The maximum atomic E-state index is 9.64. The highest BCUT2D eigenvalue weighted by Crippen LogP contribution is 2.20. The SMILES string of the molecule is N[C@H]1Cc2ccccc2C[C@@H](O)[C@H]1O. The predicted octanol–water partition coefficient (Wildman–Crippen LogP) is -0.166. The van der Waals surface area contributed by atoms with Crippen LogP contribution in [0.3, 0.4) is 0 Å². The minimum Gasteiger partial charge on any atom is -0.390 e. The molecule has 0 radical (unpaired) electrons. The van der Waals surface area contributed by atoms with Gasteiger partial charge in [0, 0.05) is 12.5 Å². The lowest BCUT2D eigenvalue weighted by Crippen LogP contribution is -2.43. The van der Waals surface area contributed by atoms with Crippen LogP contribution in [-0.2, 0) is 12.8 Å². The fourth-order valence-corrected chi connectivity index (χ4v) is 1.96. The van der Waals surface area contributed by atoms with Crippen molar-refractivity contribution in [1.82, 2.24) is 0 Å². The fraction of sp³-hybridized carbons (Fsp3) is 0.455. The molecule has 0 heterocycles. The molecule has 0 spiro atoms. The summed E-state index contributed by atoms with van der Waals surface area (Å²) < 4.78 is 0. The Balaban J connectivity index is 2.34.